The maximum atomic E-state index is 11.7. The zero-order valence-corrected chi connectivity index (χ0v) is 18.8. The molecule has 34 heavy (non-hydrogen) atoms. The number of hydrogen-bond acceptors (Lipinski definition) is 12. The lowest BCUT2D eigenvalue weighted by molar-refractivity contribution is -0.333. The van der Waals surface area contributed by atoms with Gasteiger partial charge < -0.3 is 60.2 Å². The highest BCUT2D eigenvalue weighted by Crippen LogP contribution is 2.30. The van der Waals surface area contributed by atoms with Gasteiger partial charge in [0.15, 0.2) is 18.7 Å². The van der Waals surface area contributed by atoms with E-state index in [0.29, 0.717) is 0 Å². The fraction of sp³-hybridized carbons (Fsp3) is 0.842. The molecule has 0 spiro atoms. The number of carboxylic acids is 1. The Morgan fingerprint density at radius 3 is 1.94 bits per heavy atom. The molecule has 2 fully saturated rings. The number of carbonyl (C=O) groups is 3. The average molecular weight is 496 g/mol. The summed E-state index contributed by atoms with van der Waals surface area (Å²) in [5.41, 5.74) is 0. The Hall–Kier alpha value is -1.95. The van der Waals surface area contributed by atoms with Crippen molar-refractivity contribution in [1.82, 2.24) is 10.6 Å². The molecule has 196 valence electrons. The van der Waals surface area contributed by atoms with Crippen molar-refractivity contribution in [2.24, 2.45) is 0 Å². The Labute approximate surface area is 194 Å². The lowest BCUT2D eigenvalue weighted by Crippen LogP contribution is -2.69. The molecule has 8 N–H and O–H groups in total. The lowest BCUT2D eigenvalue weighted by Gasteiger charge is -2.48. The third kappa shape index (κ3) is 6.59. The molecule has 0 unspecified atom stereocenters. The molecule has 2 aliphatic rings. The number of carbonyl (C=O) groups excluding carboxylic acids is 2. The molecule has 2 heterocycles. The minimum Gasteiger partial charge on any atom is -0.479 e. The van der Waals surface area contributed by atoms with Crippen LogP contribution in [0.1, 0.15) is 20.8 Å². The summed E-state index contributed by atoms with van der Waals surface area (Å²) < 4.78 is 22.3. The zero-order valence-electron chi connectivity index (χ0n) is 18.8. The van der Waals surface area contributed by atoms with E-state index in [1.165, 1.54) is 6.92 Å². The van der Waals surface area contributed by atoms with Crippen molar-refractivity contribution in [3.8, 4) is 0 Å². The molecule has 11 atom stereocenters. The molecule has 0 aromatic heterocycles. The first-order valence-corrected chi connectivity index (χ1v) is 10.6. The predicted octanol–water partition coefficient (Wildman–Crippen LogP) is -4.61. The van der Waals surface area contributed by atoms with Crippen molar-refractivity contribution < 1.29 is 64.0 Å². The second-order valence-electron chi connectivity index (χ2n) is 8.09. The number of ether oxygens (including phenoxy) is 4. The van der Waals surface area contributed by atoms with Gasteiger partial charge in [-0.25, -0.2) is 4.79 Å². The van der Waals surface area contributed by atoms with E-state index in [4.69, 9.17) is 18.9 Å². The van der Waals surface area contributed by atoms with Gasteiger partial charge in [-0.05, 0) is 6.92 Å². The lowest BCUT2D eigenvalue weighted by atomic mass is 9.94. The van der Waals surface area contributed by atoms with Gasteiger partial charge in [-0.3, -0.25) is 9.59 Å². The molecule has 0 aromatic rings. The van der Waals surface area contributed by atoms with Crippen LogP contribution in [0, 0.1) is 0 Å². The van der Waals surface area contributed by atoms with E-state index in [-0.39, 0.29) is 0 Å². The maximum absolute atomic E-state index is 11.7. The Kier molecular flexibility index (Phi) is 10.1. The summed E-state index contributed by atoms with van der Waals surface area (Å²) in [6, 6.07) is -2.71. The van der Waals surface area contributed by atoms with E-state index in [2.05, 4.69) is 10.6 Å². The average Bonchev–Trinajstić information content (AvgIpc) is 2.76. The second-order valence-corrected chi connectivity index (χ2v) is 8.09. The monoisotopic (exact) mass is 496 g/mol. The van der Waals surface area contributed by atoms with E-state index in [0.717, 1.165) is 13.8 Å². The van der Waals surface area contributed by atoms with Crippen molar-refractivity contribution in [2.45, 2.75) is 88.2 Å². The number of carboxylic acid groups (broad SMARTS) is 1. The van der Waals surface area contributed by atoms with Crippen molar-refractivity contribution >= 4 is 17.8 Å². The van der Waals surface area contributed by atoms with Gasteiger partial charge in [-0.2, -0.15) is 0 Å². The number of aliphatic carboxylic acids is 1. The van der Waals surface area contributed by atoms with Crippen molar-refractivity contribution in [1.29, 1.82) is 0 Å². The predicted molar refractivity (Wildman–Crippen MR) is 108 cm³/mol. The van der Waals surface area contributed by atoms with Gasteiger partial charge in [0.05, 0.1) is 13.2 Å². The van der Waals surface area contributed by atoms with Gasteiger partial charge >= 0.3 is 5.97 Å². The number of rotatable bonds is 9. The molecule has 2 rings (SSSR count). The topological polar surface area (TPSA) is 234 Å². The summed E-state index contributed by atoms with van der Waals surface area (Å²) >= 11 is 0. The molecule has 0 aromatic carbocycles. The first-order valence-electron chi connectivity index (χ1n) is 10.6. The smallest absolute Gasteiger partial charge is 0.332 e. The third-order valence-electron chi connectivity index (χ3n) is 5.47. The van der Waals surface area contributed by atoms with Crippen molar-refractivity contribution in [3.63, 3.8) is 0 Å². The van der Waals surface area contributed by atoms with Gasteiger partial charge in [-0.15, -0.1) is 0 Å². The number of hydrogen-bond donors (Lipinski definition) is 8. The molecule has 15 nitrogen and oxygen atoms in total. The number of nitrogens with one attached hydrogen (secondary N) is 2. The third-order valence-corrected chi connectivity index (χ3v) is 5.47. The van der Waals surface area contributed by atoms with Gasteiger partial charge in [0, 0.05) is 13.8 Å². The fourth-order valence-electron chi connectivity index (χ4n) is 3.82. The second kappa shape index (κ2) is 12.1. The van der Waals surface area contributed by atoms with Crippen LogP contribution in [-0.2, 0) is 33.3 Å². The van der Waals surface area contributed by atoms with Crippen molar-refractivity contribution in [3.05, 3.63) is 0 Å². The highest BCUT2D eigenvalue weighted by Gasteiger charge is 2.52. The molecule has 0 aliphatic carbocycles. The fourth-order valence-corrected chi connectivity index (χ4v) is 3.82. The molecule has 2 amide bonds. The van der Waals surface area contributed by atoms with Crippen LogP contribution in [0.4, 0.5) is 0 Å². The van der Waals surface area contributed by atoms with Gasteiger partial charge in [0.1, 0.15) is 48.7 Å². The number of aliphatic hydroxyl groups is 5. The number of aliphatic hydroxyl groups excluding tert-OH is 5. The summed E-state index contributed by atoms with van der Waals surface area (Å²) in [5, 5.41) is 64.4. The largest absolute Gasteiger partial charge is 0.479 e. The summed E-state index contributed by atoms with van der Waals surface area (Å²) in [6.07, 6.45) is -13.5. The summed E-state index contributed by atoms with van der Waals surface area (Å²) in [6.45, 7) is 2.00. The van der Waals surface area contributed by atoms with Gasteiger partial charge in [0.25, 0.3) is 0 Å². The first-order chi connectivity index (χ1) is 15.9. The standard InChI is InChI=1S/C19H32N2O13/c1-6(17(28)29)31-16-12(21-8(3)25)18(30)32-10(5-23)15(16)34-19-11(20-7(2)24)14(27)13(26)9(4-22)33-19/h6,9-16,18-19,22-23,26-27,30H,4-5H2,1-3H3,(H,20,24)(H,21,25)(H,28,29)/t6-,9-,10-,11+,12-,13+,14-,15+,16+,18+,19-/m0/s1. The van der Waals surface area contributed by atoms with Crippen LogP contribution in [0.3, 0.4) is 0 Å². The van der Waals surface area contributed by atoms with E-state index >= 15 is 0 Å². The maximum Gasteiger partial charge on any atom is 0.332 e. The highest BCUT2D eigenvalue weighted by molar-refractivity contribution is 5.74. The van der Waals surface area contributed by atoms with Gasteiger partial charge in [0.2, 0.25) is 11.8 Å². The Morgan fingerprint density at radius 2 is 1.44 bits per heavy atom. The summed E-state index contributed by atoms with van der Waals surface area (Å²) in [7, 11) is 0. The Balaban J connectivity index is 2.44. The van der Waals surface area contributed by atoms with Crippen LogP contribution in [0.15, 0.2) is 0 Å². The van der Waals surface area contributed by atoms with Crippen LogP contribution in [-0.4, -0.2) is 129 Å². The summed E-state index contributed by atoms with van der Waals surface area (Å²) in [5.74, 6) is -2.60. The minimum absolute atomic E-state index is 0.616. The normalized spacial score (nSPS) is 39.2. The van der Waals surface area contributed by atoms with E-state index in [9.17, 15) is 45.0 Å². The Morgan fingerprint density at radius 1 is 0.882 bits per heavy atom. The van der Waals surface area contributed by atoms with Crippen LogP contribution in [0.25, 0.3) is 0 Å². The molecule has 0 saturated carbocycles. The van der Waals surface area contributed by atoms with E-state index in [1.54, 1.807) is 0 Å². The van der Waals surface area contributed by atoms with Gasteiger partial charge in [-0.1, -0.05) is 0 Å². The SMILES string of the molecule is CC(=O)N[C@H]1[C@H](O[C@H]2[C@H](O[C@@H](C)C(=O)O)[C@H](NC(C)=O)[C@H](O)O[C@H]2CO)O[C@@H](CO)[C@@H](O)[C@H]1O. The zero-order chi connectivity index (χ0) is 25.7. The molecule has 0 bridgehead atoms. The summed E-state index contributed by atoms with van der Waals surface area (Å²) in [4.78, 5) is 34.8. The van der Waals surface area contributed by atoms with E-state index < -0.39 is 98.4 Å². The van der Waals surface area contributed by atoms with Crippen LogP contribution in [0.2, 0.25) is 0 Å². The highest BCUT2D eigenvalue weighted by atomic mass is 16.7. The number of amides is 2. The van der Waals surface area contributed by atoms with Crippen LogP contribution < -0.4 is 10.6 Å². The minimum atomic E-state index is -1.72. The molecule has 2 aliphatic heterocycles. The van der Waals surface area contributed by atoms with E-state index in [1.807, 2.05) is 0 Å². The van der Waals surface area contributed by atoms with Crippen LogP contribution in [0.5, 0.6) is 0 Å². The first kappa shape index (κ1) is 28.3. The molecule has 2 saturated heterocycles. The van der Waals surface area contributed by atoms with Crippen molar-refractivity contribution in [2.75, 3.05) is 13.2 Å². The Bertz CT molecular complexity index is 724. The molecule has 0 radical (unpaired) electrons. The molecular formula is C19H32N2O13. The molecule has 15 heteroatoms. The quantitative estimate of drug-likeness (QED) is 0.150. The van der Waals surface area contributed by atoms with Crippen LogP contribution >= 0.6 is 0 Å². The molecular weight excluding hydrogens is 464 g/mol.